The third-order valence-corrected chi connectivity index (χ3v) is 15.4. The van der Waals surface area contributed by atoms with Crippen LogP contribution in [0.25, 0.3) is 43.6 Å². The summed E-state index contributed by atoms with van der Waals surface area (Å²) in [4.78, 5) is 93.0. The number of nitrogens with one attached hydrogen (secondary N) is 7. The maximum atomic E-state index is 14.6. The fraction of sp³-hybridized carbons (Fsp3) is 0.0260. The van der Waals surface area contributed by atoms with Crippen molar-refractivity contribution in [2.45, 2.75) is 0 Å². The van der Waals surface area contributed by atoms with Gasteiger partial charge in [-0.3, -0.25) is 39.7 Å². The van der Waals surface area contributed by atoms with Crippen molar-refractivity contribution in [3.63, 3.8) is 0 Å². The van der Waals surface area contributed by atoms with E-state index in [4.69, 9.17) is 16.2 Å². The third kappa shape index (κ3) is 18.1. The maximum absolute atomic E-state index is 14.6. The van der Waals surface area contributed by atoms with Crippen LogP contribution in [0.5, 0.6) is 0 Å². The summed E-state index contributed by atoms with van der Waals surface area (Å²) in [6.07, 6.45) is 15.7. The van der Waals surface area contributed by atoms with Crippen LogP contribution in [0.3, 0.4) is 0 Å². The lowest BCUT2D eigenvalue weighted by molar-refractivity contribution is 0.0592. The number of carbonyl (C=O) groups is 4. The van der Waals surface area contributed by atoms with Gasteiger partial charge in [0.15, 0.2) is 46.5 Å². The molecule has 0 radical (unpaired) electrons. The second-order valence-corrected chi connectivity index (χ2v) is 22.8. The van der Waals surface area contributed by atoms with Gasteiger partial charge in [0, 0.05) is 40.1 Å². The zero-order valence-electron chi connectivity index (χ0n) is 56.6. The Labute approximate surface area is 609 Å². The first-order valence-corrected chi connectivity index (χ1v) is 32.2. The number of esters is 2. The van der Waals surface area contributed by atoms with Gasteiger partial charge in [0.05, 0.1) is 125 Å². The van der Waals surface area contributed by atoms with Gasteiger partial charge in [0.1, 0.15) is 40.0 Å². The number of carboxylic acids is 1. The maximum Gasteiger partial charge on any atom is 0.341 e. The summed E-state index contributed by atoms with van der Waals surface area (Å²) in [5.74, 6) is -6.67. The van der Waals surface area contributed by atoms with Crippen LogP contribution in [0.15, 0.2) is 244 Å². The van der Waals surface area contributed by atoms with Gasteiger partial charge in [-0.1, -0.05) is 72.8 Å². The van der Waals surface area contributed by atoms with E-state index in [9.17, 15) is 41.8 Å². The molecule has 12 N–H and O–H groups in total. The predicted molar refractivity (Wildman–Crippen MR) is 402 cm³/mol. The van der Waals surface area contributed by atoms with Gasteiger partial charge in [0.2, 0.25) is 0 Å². The largest absolute Gasteiger partial charge is 0.478 e. The predicted octanol–water partition coefficient (Wildman–Crippen LogP) is 15.4. The van der Waals surface area contributed by atoms with E-state index in [0.717, 1.165) is 67.9 Å². The number of aromatic carboxylic acids is 1. The summed E-state index contributed by atoms with van der Waals surface area (Å²) < 4.78 is 66.3. The molecule has 108 heavy (non-hydrogen) atoms. The Hall–Kier alpha value is -15.4. The van der Waals surface area contributed by atoms with Gasteiger partial charge in [-0.25, -0.2) is 51.9 Å². The molecule has 0 atom stereocenters. The minimum Gasteiger partial charge on any atom is -0.478 e. The lowest BCUT2D eigenvalue weighted by Gasteiger charge is -2.14. The number of halogens is 4. The second kappa shape index (κ2) is 33.6. The van der Waals surface area contributed by atoms with Gasteiger partial charge in [-0.2, -0.15) is 0 Å². The molecule has 0 bridgehead atoms. The summed E-state index contributed by atoms with van der Waals surface area (Å²) >= 11 is 0. The van der Waals surface area contributed by atoms with Gasteiger partial charge >= 0.3 is 17.9 Å². The number of amides is 1. The summed E-state index contributed by atoms with van der Waals surface area (Å²) in [5, 5.41) is 33.4. The van der Waals surface area contributed by atoms with E-state index in [-0.39, 0.29) is 68.8 Å². The summed E-state index contributed by atoms with van der Waals surface area (Å²) in [7, 11) is 2.43. The first-order chi connectivity index (χ1) is 52.4. The molecule has 0 aliphatic heterocycles. The Morgan fingerprint density at radius 2 is 0.630 bits per heavy atom. The molecule has 4 aromatic carbocycles. The smallest absolute Gasteiger partial charge is 0.341 e. The highest BCUT2D eigenvalue weighted by atomic mass is 19.1. The van der Waals surface area contributed by atoms with Gasteiger partial charge in [-0.15, -0.1) is 0 Å². The number of nitrogens with zero attached hydrogens (tertiary/aromatic N) is 11. The highest BCUT2D eigenvalue weighted by Gasteiger charge is 2.23. The number of aromatic nitrogens is 11. The van der Waals surface area contributed by atoms with Crippen molar-refractivity contribution in [2.75, 3.05) is 57.2 Å². The molecule has 31 heteroatoms. The molecule has 0 aliphatic rings. The fourth-order valence-corrected chi connectivity index (χ4v) is 10.3. The van der Waals surface area contributed by atoms with Gasteiger partial charge in [-0.05, 0) is 109 Å². The van der Waals surface area contributed by atoms with Gasteiger partial charge < -0.3 is 63.3 Å². The zero-order valence-corrected chi connectivity index (χ0v) is 56.6. The number of nitrogen functional groups attached to an aromatic ring is 1. The molecule has 27 nitrogen and oxygen atoms in total. The van der Waals surface area contributed by atoms with E-state index in [1.807, 2.05) is 121 Å². The van der Waals surface area contributed by atoms with Crippen molar-refractivity contribution in [3.8, 4) is 0 Å². The molecule has 11 aromatic heterocycles. The minimum atomic E-state index is -1.30. The summed E-state index contributed by atoms with van der Waals surface area (Å²) in [6.45, 7) is 0. The number of carbonyl (C=O) groups excluding carboxylic acids is 3. The average molecular weight is 1450 g/mol. The summed E-state index contributed by atoms with van der Waals surface area (Å²) in [6, 6.07) is 51.9. The molecule has 0 aliphatic carbocycles. The number of pyridine rings is 11. The van der Waals surface area contributed by atoms with E-state index in [2.05, 4.69) is 96.8 Å². The molecule has 0 saturated carbocycles. The molecule has 15 aromatic rings. The highest BCUT2D eigenvalue weighted by molar-refractivity contribution is 6.00. The van der Waals surface area contributed by atoms with Crippen LogP contribution in [0, 0.1) is 23.3 Å². The van der Waals surface area contributed by atoms with Crippen LogP contribution in [0.1, 0.15) is 41.4 Å². The Balaban J connectivity index is 0.000000135. The van der Waals surface area contributed by atoms with Crippen LogP contribution in [0.2, 0.25) is 0 Å². The molecule has 15 rings (SSSR count). The van der Waals surface area contributed by atoms with Crippen molar-refractivity contribution in [1.82, 2.24) is 54.8 Å². The molecule has 0 unspecified atom stereocenters. The first-order valence-electron chi connectivity index (χ1n) is 32.2. The third-order valence-electron chi connectivity index (χ3n) is 15.4. The van der Waals surface area contributed by atoms with Crippen LogP contribution in [-0.4, -0.2) is 98.0 Å². The summed E-state index contributed by atoms with van der Waals surface area (Å²) in [5.41, 5.74) is 17.7. The van der Waals surface area contributed by atoms with E-state index in [0.29, 0.717) is 39.8 Å². The van der Waals surface area contributed by atoms with Crippen LogP contribution < -0.4 is 48.7 Å². The van der Waals surface area contributed by atoms with Crippen molar-refractivity contribution in [3.05, 3.63) is 289 Å². The van der Waals surface area contributed by atoms with Crippen LogP contribution in [-0.2, 0) is 9.47 Å². The van der Waals surface area contributed by atoms with Gasteiger partial charge in [0.25, 0.3) is 5.91 Å². The standard InChI is InChI=1S/C21H16FN5O2.C20H15FN6O.C20H14FN5O2.C16H13FN4O2/c1-29-21(28)16-10-17(22)20(25-14-6-4-8-23-11-14)27-19(16)26-15-9-13-5-2-3-7-18(13)24-12-15;21-16-9-15(18(22)28)19(27-20(16)25-13-5-3-7-23-10-13)26-14-8-12-4-1-2-6-17(12)24-11-14;21-16-9-15(20(27)28)18(26-19(16)24-13-5-3-7-22-10-13)25-14-8-12-4-1-2-6-17(12)23-11-14;1-23-16(22)11-7-12(17)14(18)21-15(11)20-10-6-9-4-2-3-5-13(9)19-8-10/h2-12H,1H3,(H2,25,26,27);1-11H,(H2,22,28)(H2,25,26,27);1-11H,(H,27,28)(H2,24,25,26);2-8H,1H3,(H3,18,20,21). The number of anilines is 15. The molecule has 0 fully saturated rings. The van der Waals surface area contributed by atoms with E-state index < -0.39 is 47.1 Å². The number of rotatable bonds is 18. The normalized spacial score (nSPS) is 10.6. The number of primary amides is 1. The Bertz CT molecular complexity index is 5650. The molecule has 0 spiro atoms. The number of fused-ring (bicyclic) bond motifs is 4. The van der Waals surface area contributed by atoms with Crippen LogP contribution >= 0.6 is 0 Å². The first kappa shape index (κ1) is 72.4. The topological polar surface area (TPSA) is 385 Å². The SMILES string of the molecule is COC(=O)c1cc(F)c(N)nc1Nc1cnc2ccccc2c1.COC(=O)c1cc(F)c(Nc2cccnc2)nc1Nc1cnc2ccccc2c1.NC(=O)c1cc(F)c(Nc2cccnc2)nc1Nc1cnc2ccccc2c1.O=C(O)c1cc(F)c(Nc2cccnc2)nc1Nc1cnc2ccccc2c1. The van der Waals surface area contributed by atoms with Crippen molar-refractivity contribution in [2.24, 2.45) is 5.73 Å². The molecule has 11 heterocycles. The lowest BCUT2D eigenvalue weighted by atomic mass is 10.2. The molecular weight excluding hydrogens is 1390 g/mol. The van der Waals surface area contributed by atoms with Crippen molar-refractivity contribution >= 4 is 154 Å². The number of hydrogen-bond donors (Lipinski definition) is 10. The van der Waals surface area contributed by atoms with E-state index in [1.54, 1.807) is 79.8 Å². The van der Waals surface area contributed by atoms with E-state index in [1.165, 1.54) is 32.8 Å². The van der Waals surface area contributed by atoms with Crippen molar-refractivity contribution < 1.29 is 51.3 Å². The van der Waals surface area contributed by atoms with E-state index >= 15 is 0 Å². The number of methoxy groups -OCH3 is 2. The number of nitrogens with two attached hydrogens (primary N) is 2. The zero-order chi connectivity index (χ0) is 75.6. The average Bonchev–Trinajstić information content (AvgIpc) is 0.816. The van der Waals surface area contributed by atoms with Crippen molar-refractivity contribution in [1.29, 1.82) is 0 Å². The number of carboxylic acid groups (broad SMARTS) is 1. The Morgan fingerprint density at radius 1 is 0.343 bits per heavy atom. The number of para-hydroxylation sites is 4. The number of hydrogen-bond acceptors (Lipinski definition) is 25. The lowest BCUT2D eigenvalue weighted by Crippen LogP contribution is -2.16. The monoisotopic (exact) mass is 1450 g/mol. The molecule has 1 amide bonds. The fourth-order valence-electron chi connectivity index (χ4n) is 10.3. The minimum absolute atomic E-state index is 0.00243. The highest BCUT2D eigenvalue weighted by Crippen LogP contribution is 2.32. The molecule has 536 valence electrons. The number of benzene rings is 4. The quantitative estimate of drug-likeness (QED) is 0.0282. The Kier molecular flexibility index (Phi) is 22.5. The second-order valence-electron chi connectivity index (χ2n) is 22.8. The molecular formula is C77H58F4N20O7. The van der Waals surface area contributed by atoms with Crippen LogP contribution in [0.4, 0.5) is 104 Å². The molecule has 0 saturated heterocycles. The number of ether oxygens (including phenoxy) is 2. The Morgan fingerprint density at radius 3 is 0.944 bits per heavy atom.